The van der Waals surface area contributed by atoms with Crippen molar-refractivity contribution in [1.82, 2.24) is 9.97 Å². The van der Waals surface area contributed by atoms with E-state index < -0.39 is 5.97 Å². The Bertz CT molecular complexity index is 1550. The highest BCUT2D eigenvalue weighted by molar-refractivity contribution is 7.99. The van der Waals surface area contributed by atoms with Crippen LogP contribution in [0.4, 0.5) is 5.69 Å². The molecule has 2 aliphatic heterocycles. The summed E-state index contributed by atoms with van der Waals surface area (Å²) in [5.74, 6) is 1.53. The van der Waals surface area contributed by atoms with Crippen molar-refractivity contribution in [2.75, 3.05) is 37.0 Å². The van der Waals surface area contributed by atoms with Crippen LogP contribution in [0.2, 0.25) is 5.02 Å². The Balaban J connectivity index is 1.07. The molecule has 10 heteroatoms. The number of ether oxygens (including phenoxy) is 3. The highest BCUT2D eigenvalue weighted by Gasteiger charge is 2.45. The summed E-state index contributed by atoms with van der Waals surface area (Å²) in [5.41, 5.74) is 3.57. The largest absolute Gasteiger partial charge is 0.490 e. The Morgan fingerprint density at radius 3 is 2.87 bits per heavy atom. The fourth-order valence-corrected chi connectivity index (χ4v) is 8.91. The third-order valence-corrected chi connectivity index (χ3v) is 11.7. The number of carboxylic acids is 1. The van der Waals surface area contributed by atoms with Gasteiger partial charge in [-0.2, -0.15) is 0 Å². The van der Waals surface area contributed by atoms with Crippen LogP contribution in [0.5, 0.6) is 5.75 Å². The first-order valence-corrected chi connectivity index (χ1v) is 17.9. The van der Waals surface area contributed by atoms with E-state index in [9.17, 15) is 9.90 Å². The van der Waals surface area contributed by atoms with Crippen molar-refractivity contribution in [3.63, 3.8) is 0 Å². The van der Waals surface area contributed by atoms with Crippen molar-refractivity contribution in [1.29, 1.82) is 0 Å². The topological polar surface area (TPSA) is 94.0 Å². The van der Waals surface area contributed by atoms with Gasteiger partial charge in [-0.3, -0.25) is 0 Å². The van der Waals surface area contributed by atoms with Crippen LogP contribution in [0.1, 0.15) is 66.9 Å². The molecule has 7 rings (SSSR count). The first kappa shape index (κ1) is 31.7. The molecule has 8 nitrogen and oxygen atoms in total. The van der Waals surface area contributed by atoms with E-state index in [1.54, 1.807) is 36.3 Å². The van der Waals surface area contributed by atoms with Gasteiger partial charge < -0.3 is 24.2 Å². The van der Waals surface area contributed by atoms with Gasteiger partial charge in [-0.05, 0) is 105 Å². The predicted octanol–water partition coefficient (Wildman–Crippen LogP) is 7.07. The minimum absolute atomic E-state index is 0.0937. The number of thioether (sulfide) groups is 1. The zero-order valence-corrected chi connectivity index (χ0v) is 27.8. The summed E-state index contributed by atoms with van der Waals surface area (Å²) in [4.78, 5) is 23.1. The molecule has 1 spiro atoms. The van der Waals surface area contributed by atoms with Crippen LogP contribution < -0.4 is 9.64 Å². The van der Waals surface area contributed by atoms with Gasteiger partial charge in [-0.25, -0.2) is 14.8 Å². The summed E-state index contributed by atoms with van der Waals surface area (Å²) >= 11 is 8.05. The molecule has 46 heavy (non-hydrogen) atoms. The van der Waals surface area contributed by atoms with Crippen molar-refractivity contribution in [3.05, 3.63) is 76.6 Å². The Labute approximate surface area is 280 Å². The highest BCUT2D eigenvalue weighted by atomic mass is 35.5. The van der Waals surface area contributed by atoms with Crippen molar-refractivity contribution in [2.24, 2.45) is 11.8 Å². The van der Waals surface area contributed by atoms with Gasteiger partial charge in [0, 0.05) is 54.7 Å². The van der Waals surface area contributed by atoms with Gasteiger partial charge in [0.15, 0.2) is 5.16 Å². The maximum atomic E-state index is 12.0. The Kier molecular flexibility index (Phi) is 9.46. The molecule has 6 atom stereocenters. The number of anilines is 1. The standard InChI is InChI=1S/C36H42ClN3O5S/c1-23(20-46-35-38-13-3-14-39-35)45-28-11-15-43-33(18-28)29-8-5-26(29)19-40-21-36(12-2-4-24-16-27(37)7-9-30(24)36)22-44-32-10-6-25(34(41)42)17-31(32)40/h3,6-7,9-10,13-14,16-17,23,26,28-29,33H,2,4-5,8,11-12,15,18-22H2,1H3,(H,41,42)/t23-,26-,28+,29+,33+,36?/m0/s1. The van der Waals surface area contributed by atoms with Gasteiger partial charge >= 0.3 is 5.97 Å². The number of rotatable bonds is 9. The van der Waals surface area contributed by atoms with Crippen LogP contribution in [0, 0.1) is 11.8 Å². The molecule has 0 bridgehead atoms. The molecule has 3 aromatic rings. The normalized spacial score (nSPS) is 27.9. The maximum absolute atomic E-state index is 12.0. The number of aryl methyl sites for hydroxylation is 1. The molecular weight excluding hydrogens is 622 g/mol. The molecule has 4 aliphatic rings. The molecule has 3 heterocycles. The van der Waals surface area contributed by atoms with Gasteiger partial charge in [0.05, 0.1) is 36.2 Å². The van der Waals surface area contributed by atoms with Crippen molar-refractivity contribution in [3.8, 4) is 5.75 Å². The Morgan fingerprint density at radius 2 is 2.07 bits per heavy atom. The SMILES string of the molecule is C[C@@H](CSc1ncccn1)O[C@@H]1CCO[C@@H]([C@@H]2CC[C@H]2CN2CC3(CCCc4cc(Cl)ccc43)COc3ccc(C(=O)O)cc32)C1. The fourth-order valence-electron chi connectivity index (χ4n) is 7.98. The molecule has 2 fully saturated rings. The molecule has 1 N–H and O–H groups in total. The third kappa shape index (κ3) is 6.75. The van der Waals surface area contributed by atoms with E-state index in [2.05, 4.69) is 33.9 Å². The lowest BCUT2D eigenvalue weighted by molar-refractivity contribution is -0.126. The Hall–Kier alpha value is -2.85. The maximum Gasteiger partial charge on any atom is 0.335 e. The summed E-state index contributed by atoms with van der Waals surface area (Å²) in [7, 11) is 0. The van der Waals surface area contributed by atoms with Crippen LogP contribution in [0.25, 0.3) is 0 Å². The first-order chi connectivity index (χ1) is 22.4. The minimum Gasteiger partial charge on any atom is -0.490 e. The van der Waals surface area contributed by atoms with E-state index in [-0.39, 0.29) is 29.3 Å². The van der Waals surface area contributed by atoms with E-state index in [1.807, 2.05) is 18.2 Å². The predicted molar refractivity (Wildman–Crippen MR) is 179 cm³/mol. The average Bonchev–Trinajstić information content (AvgIpc) is 3.19. The van der Waals surface area contributed by atoms with Gasteiger partial charge in [0.2, 0.25) is 0 Å². The number of hydrogen-bond donors (Lipinski definition) is 1. The van der Waals surface area contributed by atoms with Gasteiger partial charge in [-0.1, -0.05) is 29.4 Å². The second-order valence-corrected chi connectivity index (χ2v) is 14.9. The quantitative estimate of drug-likeness (QED) is 0.191. The minimum atomic E-state index is -0.925. The Morgan fingerprint density at radius 1 is 1.20 bits per heavy atom. The second-order valence-electron chi connectivity index (χ2n) is 13.4. The zero-order valence-electron chi connectivity index (χ0n) is 26.3. The summed E-state index contributed by atoms with van der Waals surface area (Å²) in [6.45, 7) is 5.01. The second kappa shape index (κ2) is 13.7. The number of fused-ring (bicyclic) bond motifs is 3. The molecule has 2 aromatic carbocycles. The summed E-state index contributed by atoms with van der Waals surface area (Å²) in [6, 6.07) is 13.4. The van der Waals surface area contributed by atoms with Crippen LogP contribution in [-0.4, -0.2) is 71.4 Å². The summed E-state index contributed by atoms with van der Waals surface area (Å²) < 4.78 is 19.5. The highest BCUT2D eigenvalue weighted by Crippen LogP contribution is 2.47. The van der Waals surface area contributed by atoms with Gasteiger partial charge in [0.25, 0.3) is 0 Å². The van der Waals surface area contributed by atoms with E-state index in [4.69, 9.17) is 25.8 Å². The smallest absolute Gasteiger partial charge is 0.335 e. The van der Waals surface area contributed by atoms with Crippen LogP contribution in [0.15, 0.2) is 60.0 Å². The van der Waals surface area contributed by atoms with E-state index >= 15 is 0 Å². The molecular formula is C36H42ClN3O5S. The molecule has 0 amide bonds. The van der Waals surface area contributed by atoms with Crippen molar-refractivity contribution >= 4 is 35.0 Å². The summed E-state index contributed by atoms with van der Waals surface area (Å²) in [5, 5.41) is 11.4. The van der Waals surface area contributed by atoms with E-state index in [0.717, 1.165) is 85.4 Å². The monoisotopic (exact) mass is 663 g/mol. The summed E-state index contributed by atoms with van der Waals surface area (Å²) in [6.07, 6.45) is 11.1. The molecule has 2 aliphatic carbocycles. The molecule has 244 valence electrons. The number of halogens is 1. The number of benzene rings is 2. The molecule has 1 aromatic heterocycles. The molecule has 1 saturated heterocycles. The average molecular weight is 664 g/mol. The van der Waals surface area contributed by atoms with Crippen LogP contribution in [-0.2, 0) is 21.3 Å². The lowest BCUT2D eigenvalue weighted by Crippen LogP contribution is -2.51. The molecule has 1 saturated carbocycles. The number of carboxylic acid groups (broad SMARTS) is 1. The van der Waals surface area contributed by atoms with Gasteiger partial charge in [-0.15, -0.1) is 0 Å². The van der Waals surface area contributed by atoms with Crippen LogP contribution in [0.3, 0.4) is 0 Å². The lowest BCUT2D eigenvalue weighted by Gasteiger charge is -2.48. The van der Waals surface area contributed by atoms with E-state index in [0.29, 0.717) is 25.0 Å². The first-order valence-electron chi connectivity index (χ1n) is 16.6. The number of aromatic nitrogens is 2. The van der Waals surface area contributed by atoms with E-state index in [1.165, 1.54) is 11.1 Å². The van der Waals surface area contributed by atoms with Gasteiger partial charge in [0.1, 0.15) is 5.75 Å². The third-order valence-electron chi connectivity index (χ3n) is 10.4. The molecule has 1 unspecified atom stereocenters. The lowest BCUT2D eigenvalue weighted by atomic mass is 9.67. The number of nitrogens with zero attached hydrogens (tertiary/aromatic N) is 3. The fraction of sp³-hybridized carbons (Fsp3) is 0.528. The van der Waals surface area contributed by atoms with Crippen LogP contribution >= 0.6 is 23.4 Å². The van der Waals surface area contributed by atoms with Crippen molar-refractivity contribution in [2.45, 2.75) is 80.8 Å². The number of carbonyl (C=O) groups is 1. The van der Waals surface area contributed by atoms with Crippen molar-refractivity contribution < 1.29 is 24.1 Å². The number of aromatic carboxylic acids is 1. The zero-order chi connectivity index (χ0) is 31.7. The number of hydrogen-bond acceptors (Lipinski definition) is 8. The molecule has 0 radical (unpaired) electrons.